The maximum Gasteiger partial charge on any atom is 0.251 e. The van der Waals surface area contributed by atoms with Crippen molar-refractivity contribution in [3.8, 4) is 0 Å². The van der Waals surface area contributed by atoms with Gasteiger partial charge in [0.15, 0.2) is 0 Å². The van der Waals surface area contributed by atoms with Crippen molar-refractivity contribution in [3.63, 3.8) is 0 Å². The van der Waals surface area contributed by atoms with E-state index in [1.54, 1.807) is 0 Å². The van der Waals surface area contributed by atoms with Gasteiger partial charge in [-0.1, -0.05) is 60.1 Å². The van der Waals surface area contributed by atoms with Gasteiger partial charge in [0.05, 0.1) is 10.7 Å². The molecule has 1 amide bonds. The van der Waals surface area contributed by atoms with Crippen LogP contribution in [0, 0.1) is 0 Å². The molecule has 1 atom stereocenters. The number of rotatable bonds is 7. The van der Waals surface area contributed by atoms with Gasteiger partial charge in [-0.15, -0.1) is 0 Å². The Kier molecular flexibility index (Phi) is 7.46. The zero-order chi connectivity index (χ0) is 22.3. The van der Waals surface area contributed by atoms with Gasteiger partial charge in [0.25, 0.3) is 5.91 Å². The summed E-state index contributed by atoms with van der Waals surface area (Å²) >= 11 is 6.52. The number of halogens is 1. The second-order valence-corrected chi connectivity index (χ2v) is 8.83. The lowest BCUT2D eigenvalue weighted by Gasteiger charge is -2.17. The lowest BCUT2D eigenvalue weighted by Crippen LogP contribution is -2.34. The maximum absolute atomic E-state index is 12.6. The normalized spacial score (nSPS) is 14.2. The molecule has 0 spiro atoms. The van der Waals surface area contributed by atoms with E-state index in [1.165, 1.54) is 16.7 Å². The first-order chi connectivity index (χ1) is 15.6. The Bertz CT molecular complexity index is 1050. The van der Waals surface area contributed by atoms with Crippen molar-refractivity contribution in [1.29, 1.82) is 0 Å². The fourth-order valence-electron chi connectivity index (χ4n) is 4.22. The molecule has 1 aliphatic heterocycles. The average molecular weight is 448 g/mol. The fraction of sp³-hybridized carbons (Fsp3) is 0.296. The molecule has 32 heavy (non-hydrogen) atoms. The van der Waals surface area contributed by atoms with Crippen LogP contribution in [0.25, 0.3) is 0 Å². The third-order valence-corrected chi connectivity index (χ3v) is 6.24. The molecular formula is C27H30ClN3O. The zero-order valence-corrected chi connectivity index (χ0v) is 19.2. The smallest absolute Gasteiger partial charge is 0.251 e. The van der Waals surface area contributed by atoms with E-state index < -0.39 is 0 Å². The monoisotopic (exact) mass is 447 g/mol. The number of carbonyl (C=O) groups is 1. The highest BCUT2D eigenvalue weighted by atomic mass is 35.5. The molecule has 3 aromatic rings. The van der Waals surface area contributed by atoms with Gasteiger partial charge in [-0.2, -0.15) is 0 Å². The van der Waals surface area contributed by atoms with E-state index in [4.69, 9.17) is 11.6 Å². The minimum atomic E-state index is -0.0446. The second-order valence-electron chi connectivity index (χ2n) is 8.42. The third kappa shape index (κ3) is 5.70. The van der Waals surface area contributed by atoms with Crippen molar-refractivity contribution in [2.45, 2.75) is 38.8 Å². The molecule has 4 rings (SSSR count). The van der Waals surface area contributed by atoms with Crippen molar-refractivity contribution < 1.29 is 4.79 Å². The highest BCUT2D eigenvalue weighted by Gasteiger charge is 2.15. The van der Waals surface area contributed by atoms with Crippen molar-refractivity contribution in [3.05, 3.63) is 99.6 Å². The van der Waals surface area contributed by atoms with Crippen molar-refractivity contribution in [2.75, 3.05) is 18.4 Å². The number of hydrogen-bond donors (Lipinski definition) is 3. The molecule has 5 heteroatoms. The van der Waals surface area contributed by atoms with Crippen LogP contribution < -0.4 is 16.0 Å². The minimum Gasteiger partial charge on any atom is -0.380 e. The first-order valence-electron chi connectivity index (χ1n) is 11.3. The molecular weight excluding hydrogens is 418 g/mol. The van der Waals surface area contributed by atoms with E-state index in [9.17, 15) is 4.79 Å². The van der Waals surface area contributed by atoms with Gasteiger partial charge < -0.3 is 16.0 Å². The summed E-state index contributed by atoms with van der Waals surface area (Å²) in [6, 6.07) is 22.2. The number of fused-ring (bicyclic) bond motifs is 1. The molecule has 0 aliphatic carbocycles. The van der Waals surface area contributed by atoms with Crippen LogP contribution in [0.5, 0.6) is 0 Å². The lowest BCUT2D eigenvalue weighted by atomic mass is 10.0. The second kappa shape index (κ2) is 10.7. The third-order valence-electron chi connectivity index (χ3n) is 5.93. The molecule has 1 aliphatic rings. The summed E-state index contributed by atoms with van der Waals surface area (Å²) in [5.41, 5.74) is 6.70. The first-order valence-corrected chi connectivity index (χ1v) is 11.7. The van der Waals surface area contributed by atoms with Crippen LogP contribution in [0.4, 0.5) is 5.69 Å². The van der Waals surface area contributed by atoms with Gasteiger partial charge in [0.2, 0.25) is 0 Å². The molecule has 0 saturated heterocycles. The van der Waals surface area contributed by atoms with E-state index in [2.05, 4.69) is 34.1 Å². The molecule has 1 heterocycles. The summed E-state index contributed by atoms with van der Waals surface area (Å²) in [6.07, 6.45) is 2.80. The Hall–Kier alpha value is -2.82. The van der Waals surface area contributed by atoms with Gasteiger partial charge in [-0.3, -0.25) is 4.79 Å². The van der Waals surface area contributed by atoms with Crippen molar-refractivity contribution in [1.82, 2.24) is 10.6 Å². The number of hydrogen-bond acceptors (Lipinski definition) is 3. The zero-order valence-electron chi connectivity index (χ0n) is 18.5. The quantitative estimate of drug-likeness (QED) is 0.477. The number of nitrogens with one attached hydrogen (secondary N) is 3. The topological polar surface area (TPSA) is 53.2 Å². The van der Waals surface area contributed by atoms with Crippen LogP contribution in [0.15, 0.2) is 66.7 Å². The molecule has 166 valence electrons. The van der Waals surface area contributed by atoms with Gasteiger partial charge in [0, 0.05) is 18.2 Å². The lowest BCUT2D eigenvalue weighted by molar-refractivity contribution is 0.0940. The average Bonchev–Trinajstić information content (AvgIpc) is 3.05. The van der Waals surface area contributed by atoms with E-state index in [0.717, 1.165) is 48.6 Å². The van der Waals surface area contributed by atoms with Crippen molar-refractivity contribution in [2.24, 2.45) is 0 Å². The fourth-order valence-corrected chi connectivity index (χ4v) is 4.47. The van der Waals surface area contributed by atoms with Gasteiger partial charge in [-0.05, 0) is 79.7 Å². The van der Waals surface area contributed by atoms with Crippen LogP contribution in [0.2, 0.25) is 5.02 Å². The summed E-state index contributed by atoms with van der Waals surface area (Å²) in [6.45, 7) is 4.66. The van der Waals surface area contributed by atoms with E-state index >= 15 is 0 Å². The van der Waals surface area contributed by atoms with Crippen LogP contribution in [0.3, 0.4) is 0 Å². The van der Waals surface area contributed by atoms with Gasteiger partial charge >= 0.3 is 0 Å². The maximum atomic E-state index is 12.6. The Balaban J connectivity index is 1.36. The Labute approximate surface area is 195 Å². The number of anilines is 1. The number of benzene rings is 3. The highest BCUT2D eigenvalue weighted by molar-refractivity contribution is 6.33. The van der Waals surface area contributed by atoms with Crippen LogP contribution in [0.1, 0.15) is 39.5 Å². The van der Waals surface area contributed by atoms with E-state index in [0.29, 0.717) is 12.1 Å². The number of amides is 1. The molecule has 3 aromatic carbocycles. The van der Waals surface area contributed by atoms with E-state index in [1.807, 2.05) is 55.5 Å². The molecule has 0 bridgehead atoms. The van der Waals surface area contributed by atoms with Gasteiger partial charge in [-0.25, -0.2) is 0 Å². The predicted molar refractivity (Wildman–Crippen MR) is 133 cm³/mol. The molecule has 3 N–H and O–H groups in total. The van der Waals surface area contributed by atoms with E-state index in [-0.39, 0.29) is 11.9 Å². The molecule has 0 aromatic heterocycles. The summed E-state index contributed by atoms with van der Waals surface area (Å²) in [5.74, 6) is -0.0446. The molecule has 0 radical (unpaired) electrons. The van der Waals surface area contributed by atoms with Crippen LogP contribution >= 0.6 is 11.6 Å². The molecule has 1 unspecified atom stereocenters. The SMILES string of the molecule is CC(Cc1ccccc1)NC(=O)c1ccc(CNc2c(Cl)ccc3c2CCNCC3)cc1. The first kappa shape index (κ1) is 22.4. The van der Waals surface area contributed by atoms with Crippen LogP contribution in [-0.2, 0) is 25.8 Å². The standard InChI is InChI=1S/C27H30ClN3O/c1-19(17-20-5-3-2-4-6-20)31-27(32)23-9-7-21(8-10-23)18-30-26-24-14-16-29-15-13-22(24)11-12-25(26)28/h2-12,19,29-30H,13-18H2,1H3,(H,31,32). The largest absolute Gasteiger partial charge is 0.380 e. The summed E-state index contributed by atoms with van der Waals surface area (Å²) in [4.78, 5) is 12.6. The number of carbonyl (C=O) groups excluding carboxylic acids is 1. The molecule has 0 saturated carbocycles. The predicted octanol–water partition coefficient (Wildman–Crippen LogP) is 5.00. The minimum absolute atomic E-state index is 0.0446. The summed E-state index contributed by atoms with van der Waals surface area (Å²) < 4.78 is 0. The summed E-state index contributed by atoms with van der Waals surface area (Å²) in [5, 5.41) is 10.8. The molecule has 0 fully saturated rings. The van der Waals surface area contributed by atoms with Crippen molar-refractivity contribution >= 4 is 23.2 Å². The Morgan fingerprint density at radius 1 is 0.969 bits per heavy atom. The van der Waals surface area contributed by atoms with Gasteiger partial charge in [0.1, 0.15) is 0 Å². The van der Waals surface area contributed by atoms with Crippen LogP contribution in [-0.4, -0.2) is 25.0 Å². The Morgan fingerprint density at radius 3 is 2.50 bits per heavy atom. The molecule has 4 nitrogen and oxygen atoms in total. The Morgan fingerprint density at radius 2 is 1.72 bits per heavy atom. The summed E-state index contributed by atoms with van der Waals surface area (Å²) in [7, 11) is 0. The highest BCUT2D eigenvalue weighted by Crippen LogP contribution is 2.31.